The predicted octanol–water partition coefficient (Wildman–Crippen LogP) is 7.82. The van der Waals surface area contributed by atoms with Gasteiger partial charge in [-0.25, -0.2) is 4.79 Å². The number of esters is 1. The number of carbonyl (C=O) groups is 1. The molecule has 0 bridgehead atoms. The van der Waals surface area contributed by atoms with E-state index in [0.29, 0.717) is 16.7 Å². The molecule has 6 heteroatoms. The molecule has 3 aromatic carbocycles. The van der Waals surface area contributed by atoms with Crippen LogP contribution in [0.1, 0.15) is 42.5 Å². The number of halogens is 2. The van der Waals surface area contributed by atoms with Crippen molar-refractivity contribution in [2.24, 2.45) is 0 Å². The van der Waals surface area contributed by atoms with Gasteiger partial charge in [-0.3, -0.25) is 5.10 Å². The maximum atomic E-state index is 11.7. The molecule has 0 fully saturated rings. The lowest BCUT2D eigenvalue weighted by Crippen LogP contribution is -1.98. The molecule has 4 nitrogen and oxygen atoms in total. The van der Waals surface area contributed by atoms with E-state index in [1.165, 1.54) is 6.08 Å². The molecular formula is C28H24Cl2N2O2. The zero-order valence-electron chi connectivity index (χ0n) is 18.9. The van der Waals surface area contributed by atoms with Crippen LogP contribution in [-0.2, 0) is 9.53 Å². The molecular weight excluding hydrogens is 467 g/mol. The lowest BCUT2D eigenvalue weighted by atomic mass is 9.87. The molecule has 0 saturated heterocycles. The smallest absolute Gasteiger partial charge is 0.330 e. The largest absolute Gasteiger partial charge is 0.463 e. The van der Waals surface area contributed by atoms with Gasteiger partial charge in [0.2, 0.25) is 0 Å². The van der Waals surface area contributed by atoms with Crippen LogP contribution in [0.25, 0.3) is 28.1 Å². The number of aromatic nitrogens is 2. The Morgan fingerprint density at radius 3 is 2.47 bits per heavy atom. The number of H-pyrrole nitrogens is 1. The van der Waals surface area contributed by atoms with E-state index >= 15 is 0 Å². The third-order valence-electron chi connectivity index (χ3n) is 5.54. The van der Waals surface area contributed by atoms with Crippen molar-refractivity contribution in [3.8, 4) is 0 Å². The van der Waals surface area contributed by atoms with Crippen LogP contribution in [0.2, 0.25) is 10.0 Å². The van der Waals surface area contributed by atoms with Gasteiger partial charge in [-0.05, 0) is 77.1 Å². The van der Waals surface area contributed by atoms with Crippen LogP contribution in [0.5, 0.6) is 0 Å². The first-order chi connectivity index (χ1) is 16.5. The summed E-state index contributed by atoms with van der Waals surface area (Å²) in [4.78, 5) is 11.7. The standard InChI is InChI=1S/C28H24Cl2N2O2/c1-3-23(24-12-11-22(29)16-25(24)30)28(20-10-13-26-21(15-20)17-31-32-26)19-8-5-18(6-9-19)7-14-27(33)34-4-2/h5-17H,3-4H2,1-2H3,(H,31,32). The van der Waals surface area contributed by atoms with Crippen LogP contribution in [-0.4, -0.2) is 22.8 Å². The Labute approximate surface area is 208 Å². The van der Waals surface area contributed by atoms with Crippen LogP contribution >= 0.6 is 23.2 Å². The molecule has 1 N–H and O–H groups in total. The summed E-state index contributed by atoms with van der Waals surface area (Å²) in [5.41, 5.74) is 7.12. The number of hydrogen-bond donors (Lipinski definition) is 1. The summed E-state index contributed by atoms with van der Waals surface area (Å²) in [5.74, 6) is -0.355. The molecule has 0 aliphatic heterocycles. The third kappa shape index (κ3) is 5.24. The number of nitrogens with zero attached hydrogens (tertiary/aromatic N) is 1. The molecule has 172 valence electrons. The Morgan fingerprint density at radius 1 is 1.00 bits per heavy atom. The van der Waals surface area contributed by atoms with Gasteiger partial charge in [0.15, 0.2) is 0 Å². The van der Waals surface area contributed by atoms with E-state index in [9.17, 15) is 4.79 Å². The maximum absolute atomic E-state index is 11.7. The number of fused-ring (bicyclic) bond motifs is 1. The van der Waals surface area contributed by atoms with Gasteiger partial charge in [-0.1, -0.05) is 66.5 Å². The fourth-order valence-electron chi connectivity index (χ4n) is 3.96. The molecule has 0 spiro atoms. The highest BCUT2D eigenvalue weighted by Crippen LogP contribution is 2.38. The number of ether oxygens (including phenoxy) is 1. The normalized spacial score (nSPS) is 12.2. The Balaban J connectivity index is 1.85. The van der Waals surface area contributed by atoms with Crippen molar-refractivity contribution in [1.82, 2.24) is 10.2 Å². The number of rotatable bonds is 7. The molecule has 0 unspecified atom stereocenters. The highest BCUT2D eigenvalue weighted by molar-refractivity contribution is 6.36. The van der Waals surface area contributed by atoms with Crippen molar-refractivity contribution in [3.63, 3.8) is 0 Å². The van der Waals surface area contributed by atoms with E-state index in [4.69, 9.17) is 27.9 Å². The predicted molar refractivity (Wildman–Crippen MR) is 141 cm³/mol. The highest BCUT2D eigenvalue weighted by Gasteiger charge is 2.16. The van der Waals surface area contributed by atoms with Gasteiger partial charge in [0.25, 0.3) is 0 Å². The van der Waals surface area contributed by atoms with Gasteiger partial charge in [0, 0.05) is 21.5 Å². The molecule has 0 amide bonds. The quantitative estimate of drug-likeness (QED) is 0.163. The van der Waals surface area contributed by atoms with Crippen molar-refractivity contribution >= 4 is 57.3 Å². The van der Waals surface area contributed by atoms with Crippen LogP contribution in [0.15, 0.2) is 72.9 Å². The SMILES string of the molecule is CCOC(=O)C=Cc1ccc(C(=C(CC)c2ccc(Cl)cc2Cl)c2ccc3[nH]ncc3c2)cc1. The van der Waals surface area contributed by atoms with Gasteiger partial charge in [0.05, 0.1) is 18.3 Å². The lowest BCUT2D eigenvalue weighted by Gasteiger charge is -2.18. The first-order valence-electron chi connectivity index (χ1n) is 11.1. The topological polar surface area (TPSA) is 55.0 Å². The van der Waals surface area contributed by atoms with E-state index in [0.717, 1.165) is 50.7 Å². The average molecular weight is 491 g/mol. The Bertz CT molecular complexity index is 1390. The molecule has 0 aliphatic rings. The molecule has 34 heavy (non-hydrogen) atoms. The monoisotopic (exact) mass is 490 g/mol. The summed E-state index contributed by atoms with van der Waals surface area (Å²) in [6.45, 7) is 4.25. The second kappa shape index (κ2) is 10.7. The number of benzene rings is 3. The van der Waals surface area contributed by atoms with E-state index in [2.05, 4.69) is 41.4 Å². The summed E-state index contributed by atoms with van der Waals surface area (Å²) in [7, 11) is 0. The average Bonchev–Trinajstić information content (AvgIpc) is 3.30. The van der Waals surface area contributed by atoms with Crippen molar-refractivity contribution < 1.29 is 9.53 Å². The summed E-state index contributed by atoms with van der Waals surface area (Å²) in [6.07, 6.45) is 5.78. The van der Waals surface area contributed by atoms with Crippen molar-refractivity contribution in [3.05, 3.63) is 105 Å². The van der Waals surface area contributed by atoms with Gasteiger partial charge in [-0.2, -0.15) is 5.10 Å². The van der Waals surface area contributed by atoms with Crippen LogP contribution < -0.4 is 0 Å². The molecule has 0 radical (unpaired) electrons. The van der Waals surface area contributed by atoms with Crippen LogP contribution in [0.4, 0.5) is 0 Å². The second-order valence-corrected chi connectivity index (χ2v) is 8.55. The number of aromatic amines is 1. The Hall–Kier alpha value is -3.34. The molecule has 1 heterocycles. The van der Waals surface area contributed by atoms with Gasteiger partial charge < -0.3 is 4.74 Å². The van der Waals surface area contributed by atoms with E-state index in [1.807, 2.05) is 36.5 Å². The number of allylic oxidation sites excluding steroid dienone is 1. The van der Waals surface area contributed by atoms with Gasteiger partial charge in [-0.15, -0.1) is 0 Å². The van der Waals surface area contributed by atoms with Crippen LogP contribution in [0.3, 0.4) is 0 Å². The molecule has 1 aromatic heterocycles. The van der Waals surface area contributed by atoms with Gasteiger partial charge in [0.1, 0.15) is 0 Å². The first kappa shape index (κ1) is 23.8. The van der Waals surface area contributed by atoms with E-state index in [-0.39, 0.29) is 5.97 Å². The summed E-state index contributed by atoms with van der Waals surface area (Å²) < 4.78 is 4.96. The zero-order chi connectivity index (χ0) is 24.1. The maximum Gasteiger partial charge on any atom is 0.330 e. The molecule has 0 atom stereocenters. The lowest BCUT2D eigenvalue weighted by molar-refractivity contribution is -0.137. The summed E-state index contributed by atoms with van der Waals surface area (Å²) in [6, 6.07) is 19.9. The van der Waals surface area contributed by atoms with E-state index in [1.54, 1.807) is 19.1 Å². The highest BCUT2D eigenvalue weighted by atomic mass is 35.5. The molecule has 0 saturated carbocycles. The minimum atomic E-state index is -0.355. The van der Waals surface area contributed by atoms with Crippen molar-refractivity contribution in [1.29, 1.82) is 0 Å². The summed E-state index contributed by atoms with van der Waals surface area (Å²) in [5, 5.41) is 9.41. The third-order valence-corrected chi connectivity index (χ3v) is 6.09. The number of hydrogen-bond acceptors (Lipinski definition) is 3. The Kier molecular flexibility index (Phi) is 7.51. The number of nitrogens with one attached hydrogen (secondary N) is 1. The second-order valence-electron chi connectivity index (χ2n) is 7.71. The van der Waals surface area contributed by atoms with Crippen molar-refractivity contribution in [2.45, 2.75) is 20.3 Å². The zero-order valence-corrected chi connectivity index (χ0v) is 20.5. The molecule has 4 rings (SSSR count). The summed E-state index contributed by atoms with van der Waals surface area (Å²) >= 11 is 12.8. The molecule has 4 aromatic rings. The first-order valence-corrected chi connectivity index (χ1v) is 11.8. The van der Waals surface area contributed by atoms with E-state index < -0.39 is 0 Å². The molecule has 0 aliphatic carbocycles. The number of carbonyl (C=O) groups excluding carboxylic acids is 1. The fourth-order valence-corrected chi connectivity index (χ4v) is 4.49. The van der Waals surface area contributed by atoms with Crippen molar-refractivity contribution in [2.75, 3.05) is 6.61 Å². The minimum absolute atomic E-state index is 0.352. The Morgan fingerprint density at radius 2 is 1.76 bits per heavy atom. The van der Waals surface area contributed by atoms with Crippen LogP contribution in [0, 0.1) is 0 Å². The minimum Gasteiger partial charge on any atom is -0.463 e. The fraction of sp³-hybridized carbons (Fsp3) is 0.143. The van der Waals surface area contributed by atoms with Gasteiger partial charge >= 0.3 is 5.97 Å².